The summed E-state index contributed by atoms with van der Waals surface area (Å²) in [6.07, 6.45) is 7.25. The fourth-order valence-corrected chi connectivity index (χ4v) is 3.21. The van der Waals surface area contributed by atoms with E-state index in [1.807, 2.05) is 11.9 Å². The summed E-state index contributed by atoms with van der Waals surface area (Å²) in [6.45, 7) is 1.42. The minimum atomic E-state index is -0.332. The second kappa shape index (κ2) is 5.29. The van der Waals surface area contributed by atoms with Crippen LogP contribution in [-0.4, -0.2) is 49.1 Å². The van der Waals surface area contributed by atoms with Gasteiger partial charge in [0.2, 0.25) is 0 Å². The molecule has 2 saturated carbocycles. The van der Waals surface area contributed by atoms with Gasteiger partial charge in [0.1, 0.15) is 0 Å². The summed E-state index contributed by atoms with van der Waals surface area (Å²) < 4.78 is 11.4. The van der Waals surface area contributed by atoms with Crippen LogP contribution in [0.4, 0.5) is 4.79 Å². The van der Waals surface area contributed by atoms with Gasteiger partial charge in [-0.15, -0.1) is 0 Å². The molecule has 0 aromatic carbocycles. The maximum absolute atomic E-state index is 12.1. The Hall–Kier alpha value is -0.810. The number of nitrogens with one attached hydrogen (secondary N) is 1. The molecule has 1 saturated heterocycles. The third-order valence-electron chi connectivity index (χ3n) is 4.83. The highest BCUT2D eigenvalue weighted by Gasteiger charge is 2.41. The van der Waals surface area contributed by atoms with Crippen molar-refractivity contribution >= 4 is 6.03 Å². The first-order chi connectivity index (χ1) is 9.19. The number of carbonyl (C=O) groups excluding carboxylic acids is 1. The van der Waals surface area contributed by atoms with Crippen molar-refractivity contribution in [1.29, 1.82) is 0 Å². The molecule has 3 fully saturated rings. The average molecular weight is 268 g/mol. The molecule has 5 nitrogen and oxygen atoms in total. The first-order valence-corrected chi connectivity index (χ1v) is 7.50. The van der Waals surface area contributed by atoms with Crippen molar-refractivity contribution in [3.8, 4) is 0 Å². The van der Waals surface area contributed by atoms with Crippen LogP contribution in [0.15, 0.2) is 0 Å². The lowest BCUT2D eigenvalue weighted by Gasteiger charge is -2.39. The summed E-state index contributed by atoms with van der Waals surface area (Å²) in [5, 5.41) is 3.10. The van der Waals surface area contributed by atoms with Gasteiger partial charge in [0, 0.05) is 32.0 Å². The number of nitrogens with zero attached hydrogens (tertiary/aromatic N) is 1. The van der Waals surface area contributed by atoms with Crippen molar-refractivity contribution in [2.24, 2.45) is 0 Å². The minimum Gasteiger partial charge on any atom is -0.348 e. The Morgan fingerprint density at radius 1 is 1.16 bits per heavy atom. The lowest BCUT2D eigenvalue weighted by atomic mass is 9.89. The third kappa shape index (κ3) is 2.72. The number of hydrogen-bond donors (Lipinski definition) is 1. The second-order valence-electron chi connectivity index (χ2n) is 6.03. The SMILES string of the molecule is CN(C(=O)NC1CCC1)C1CCC2(CC1)OCCO2. The largest absolute Gasteiger partial charge is 0.348 e. The number of rotatable bonds is 2. The highest BCUT2D eigenvalue weighted by Crippen LogP contribution is 2.37. The lowest BCUT2D eigenvalue weighted by molar-refractivity contribution is -0.182. The molecule has 3 aliphatic rings. The highest BCUT2D eigenvalue weighted by atomic mass is 16.7. The average Bonchev–Trinajstić information content (AvgIpc) is 2.82. The number of carbonyl (C=O) groups is 1. The van der Waals surface area contributed by atoms with E-state index in [2.05, 4.69) is 5.32 Å². The number of urea groups is 1. The molecular weight excluding hydrogens is 244 g/mol. The fraction of sp³-hybridized carbons (Fsp3) is 0.929. The normalized spacial score (nSPS) is 27.2. The Morgan fingerprint density at radius 2 is 1.79 bits per heavy atom. The Kier molecular flexibility index (Phi) is 3.67. The van der Waals surface area contributed by atoms with Gasteiger partial charge in [0.05, 0.1) is 13.2 Å². The van der Waals surface area contributed by atoms with Crippen LogP contribution in [0.3, 0.4) is 0 Å². The summed E-state index contributed by atoms with van der Waals surface area (Å²) in [7, 11) is 1.91. The second-order valence-corrected chi connectivity index (χ2v) is 6.03. The van der Waals surface area contributed by atoms with Gasteiger partial charge in [-0.25, -0.2) is 4.79 Å². The molecule has 0 unspecified atom stereocenters. The summed E-state index contributed by atoms with van der Waals surface area (Å²) in [6, 6.07) is 0.809. The van der Waals surface area contributed by atoms with Crippen molar-refractivity contribution in [2.75, 3.05) is 20.3 Å². The molecule has 5 heteroatoms. The van der Waals surface area contributed by atoms with Crippen LogP contribution in [0, 0.1) is 0 Å². The topological polar surface area (TPSA) is 50.8 Å². The molecule has 0 atom stereocenters. The van der Waals surface area contributed by atoms with Crippen molar-refractivity contribution in [1.82, 2.24) is 10.2 Å². The van der Waals surface area contributed by atoms with Gasteiger partial charge < -0.3 is 19.7 Å². The van der Waals surface area contributed by atoms with Crippen LogP contribution >= 0.6 is 0 Å². The number of hydrogen-bond acceptors (Lipinski definition) is 3. The first-order valence-electron chi connectivity index (χ1n) is 7.50. The predicted octanol–water partition coefficient (Wildman–Crippen LogP) is 1.87. The lowest BCUT2D eigenvalue weighted by Crippen LogP contribution is -2.51. The maximum Gasteiger partial charge on any atom is 0.317 e. The quantitative estimate of drug-likeness (QED) is 0.831. The zero-order chi connectivity index (χ0) is 13.3. The zero-order valence-electron chi connectivity index (χ0n) is 11.7. The van der Waals surface area contributed by atoms with Crippen molar-refractivity contribution in [2.45, 2.75) is 62.8 Å². The smallest absolute Gasteiger partial charge is 0.317 e. The van der Waals surface area contributed by atoms with Gasteiger partial charge in [0.25, 0.3) is 0 Å². The Balaban J connectivity index is 1.48. The molecule has 1 N–H and O–H groups in total. The van der Waals surface area contributed by atoms with Gasteiger partial charge in [-0.3, -0.25) is 0 Å². The van der Waals surface area contributed by atoms with Crippen molar-refractivity contribution in [3.05, 3.63) is 0 Å². The molecule has 19 heavy (non-hydrogen) atoms. The van der Waals surface area contributed by atoms with Crippen molar-refractivity contribution in [3.63, 3.8) is 0 Å². The molecule has 1 spiro atoms. The molecule has 0 bridgehead atoms. The van der Waals surface area contributed by atoms with Crippen LogP contribution in [0.2, 0.25) is 0 Å². The standard InChI is InChI=1S/C14H24N2O3/c1-16(13(17)15-11-3-2-4-11)12-5-7-14(8-6-12)18-9-10-19-14/h11-12H,2-10H2,1H3,(H,15,17). The molecule has 2 amide bonds. The van der Waals surface area contributed by atoms with Gasteiger partial charge in [-0.2, -0.15) is 0 Å². The van der Waals surface area contributed by atoms with E-state index in [1.54, 1.807) is 0 Å². The van der Waals surface area contributed by atoms with E-state index in [1.165, 1.54) is 6.42 Å². The van der Waals surface area contributed by atoms with Gasteiger partial charge in [0.15, 0.2) is 5.79 Å². The van der Waals surface area contributed by atoms with Crippen LogP contribution in [-0.2, 0) is 9.47 Å². The van der Waals surface area contributed by atoms with E-state index >= 15 is 0 Å². The van der Waals surface area contributed by atoms with Gasteiger partial charge in [-0.05, 0) is 32.1 Å². The van der Waals surface area contributed by atoms with E-state index in [0.29, 0.717) is 25.3 Å². The van der Waals surface area contributed by atoms with Gasteiger partial charge in [-0.1, -0.05) is 0 Å². The molecule has 3 rings (SSSR count). The first kappa shape index (κ1) is 13.2. The third-order valence-corrected chi connectivity index (χ3v) is 4.83. The van der Waals surface area contributed by atoms with E-state index < -0.39 is 0 Å². The van der Waals surface area contributed by atoms with E-state index in [4.69, 9.17) is 9.47 Å². The van der Waals surface area contributed by atoms with Gasteiger partial charge >= 0.3 is 6.03 Å². The van der Waals surface area contributed by atoms with E-state index in [-0.39, 0.29) is 11.8 Å². The summed E-state index contributed by atoms with van der Waals surface area (Å²) in [4.78, 5) is 14.0. The zero-order valence-corrected chi connectivity index (χ0v) is 11.7. The molecule has 0 radical (unpaired) electrons. The minimum absolute atomic E-state index is 0.0823. The van der Waals surface area contributed by atoms with Crippen LogP contribution < -0.4 is 5.32 Å². The molecule has 1 aliphatic heterocycles. The number of amides is 2. The molecule has 108 valence electrons. The fourth-order valence-electron chi connectivity index (χ4n) is 3.21. The Morgan fingerprint density at radius 3 is 2.32 bits per heavy atom. The molecule has 2 aliphatic carbocycles. The summed E-state index contributed by atoms with van der Waals surface area (Å²) in [5.41, 5.74) is 0. The predicted molar refractivity (Wildman–Crippen MR) is 70.8 cm³/mol. The molecule has 0 aromatic rings. The molecule has 0 aromatic heterocycles. The Labute approximate surface area is 114 Å². The van der Waals surface area contributed by atoms with Crippen molar-refractivity contribution < 1.29 is 14.3 Å². The summed E-state index contributed by atoms with van der Waals surface area (Å²) in [5.74, 6) is -0.332. The monoisotopic (exact) mass is 268 g/mol. The Bertz CT molecular complexity index is 328. The molecular formula is C14H24N2O3. The maximum atomic E-state index is 12.1. The highest BCUT2D eigenvalue weighted by molar-refractivity contribution is 5.74. The van der Waals surface area contributed by atoms with Crippen LogP contribution in [0.25, 0.3) is 0 Å². The number of ether oxygens (including phenoxy) is 2. The van der Waals surface area contributed by atoms with Crippen LogP contribution in [0.1, 0.15) is 44.9 Å². The van der Waals surface area contributed by atoms with E-state index in [0.717, 1.165) is 38.5 Å². The van der Waals surface area contributed by atoms with Crippen LogP contribution in [0.5, 0.6) is 0 Å². The molecule has 1 heterocycles. The summed E-state index contributed by atoms with van der Waals surface area (Å²) >= 11 is 0. The van der Waals surface area contributed by atoms with E-state index in [9.17, 15) is 4.79 Å².